The molecule has 1 aliphatic heterocycles. The molecule has 0 aromatic carbocycles. The average Bonchev–Trinajstić information content (AvgIpc) is 2.15. The van der Waals surface area contributed by atoms with E-state index >= 15 is 0 Å². The fourth-order valence-corrected chi connectivity index (χ4v) is 3.38. The highest BCUT2D eigenvalue weighted by atomic mass is 32.2. The van der Waals surface area contributed by atoms with E-state index in [1.807, 2.05) is 27.7 Å². The first-order valence-corrected chi connectivity index (χ1v) is 7.22. The van der Waals surface area contributed by atoms with Gasteiger partial charge in [0.1, 0.15) is 0 Å². The Hall–Kier alpha value is -0.170. The second kappa shape index (κ2) is 5.44. The molecular weight excluding hydrogens is 228 g/mol. The van der Waals surface area contributed by atoms with Gasteiger partial charge in [-0.15, -0.1) is 0 Å². The summed E-state index contributed by atoms with van der Waals surface area (Å²) in [5.74, 6) is 0. The van der Waals surface area contributed by atoms with Crippen LogP contribution in [0.4, 0.5) is 0 Å². The Bertz CT molecular complexity index is 308. The molecule has 96 valence electrons. The normalized spacial score (nSPS) is 30.2. The van der Waals surface area contributed by atoms with Crippen molar-refractivity contribution < 1.29 is 13.2 Å². The van der Waals surface area contributed by atoms with Crippen LogP contribution in [-0.4, -0.2) is 44.1 Å². The quantitative estimate of drug-likeness (QED) is 0.800. The number of nitrogens with zero attached hydrogens (tertiary/aromatic N) is 1. The van der Waals surface area contributed by atoms with E-state index in [0.29, 0.717) is 13.1 Å². The lowest BCUT2D eigenvalue weighted by Gasteiger charge is -2.34. The summed E-state index contributed by atoms with van der Waals surface area (Å²) < 4.78 is 33.6. The molecule has 0 radical (unpaired) electrons. The Labute approximate surface area is 98.3 Å². The highest BCUT2D eigenvalue weighted by Gasteiger charge is 2.31. The number of hydrogen-bond donors (Lipinski definition) is 1. The Morgan fingerprint density at radius 2 is 1.88 bits per heavy atom. The van der Waals surface area contributed by atoms with Crippen LogP contribution < -0.4 is 4.72 Å². The number of nitrogens with one attached hydrogen (secondary N) is 1. The van der Waals surface area contributed by atoms with Gasteiger partial charge < -0.3 is 4.74 Å². The van der Waals surface area contributed by atoms with Crippen molar-refractivity contribution in [3.8, 4) is 0 Å². The molecule has 6 heteroatoms. The van der Waals surface area contributed by atoms with Crippen molar-refractivity contribution in [2.45, 2.75) is 52.4 Å². The summed E-state index contributed by atoms with van der Waals surface area (Å²) in [4.78, 5) is 0. The fourth-order valence-electron chi connectivity index (χ4n) is 1.74. The van der Waals surface area contributed by atoms with Crippen LogP contribution in [0.3, 0.4) is 0 Å². The molecule has 0 aromatic rings. The van der Waals surface area contributed by atoms with Gasteiger partial charge in [-0.1, -0.05) is 6.92 Å². The first-order chi connectivity index (χ1) is 7.35. The van der Waals surface area contributed by atoms with Gasteiger partial charge in [-0.3, -0.25) is 0 Å². The lowest BCUT2D eigenvalue weighted by Crippen LogP contribution is -2.53. The van der Waals surface area contributed by atoms with Crippen LogP contribution in [-0.2, 0) is 14.9 Å². The Morgan fingerprint density at radius 1 is 1.38 bits per heavy atom. The van der Waals surface area contributed by atoms with Gasteiger partial charge in [0.25, 0.3) is 10.2 Å². The van der Waals surface area contributed by atoms with E-state index in [2.05, 4.69) is 4.72 Å². The summed E-state index contributed by atoms with van der Waals surface area (Å²) >= 11 is 0. The number of ether oxygens (including phenoxy) is 1. The highest BCUT2D eigenvalue weighted by Crippen LogP contribution is 2.13. The van der Waals surface area contributed by atoms with E-state index in [9.17, 15) is 8.42 Å². The fraction of sp³-hybridized carbons (Fsp3) is 1.00. The van der Waals surface area contributed by atoms with Crippen molar-refractivity contribution in [3.63, 3.8) is 0 Å². The van der Waals surface area contributed by atoms with Crippen molar-refractivity contribution in [3.05, 3.63) is 0 Å². The average molecular weight is 250 g/mol. The van der Waals surface area contributed by atoms with E-state index in [-0.39, 0.29) is 18.2 Å². The number of hydrogen-bond acceptors (Lipinski definition) is 3. The van der Waals surface area contributed by atoms with Crippen molar-refractivity contribution >= 4 is 10.2 Å². The van der Waals surface area contributed by atoms with Crippen LogP contribution >= 0.6 is 0 Å². The van der Waals surface area contributed by atoms with Crippen LogP contribution in [0.15, 0.2) is 0 Å². The first kappa shape index (κ1) is 13.9. The predicted molar refractivity (Wildman–Crippen MR) is 63.4 cm³/mol. The third kappa shape index (κ3) is 3.69. The molecule has 3 atom stereocenters. The van der Waals surface area contributed by atoms with Crippen molar-refractivity contribution in [1.29, 1.82) is 0 Å². The highest BCUT2D eigenvalue weighted by molar-refractivity contribution is 7.87. The van der Waals surface area contributed by atoms with Crippen molar-refractivity contribution in [2.24, 2.45) is 0 Å². The minimum atomic E-state index is -3.36. The topological polar surface area (TPSA) is 58.6 Å². The Kier molecular flexibility index (Phi) is 4.73. The Morgan fingerprint density at radius 3 is 2.31 bits per heavy atom. The zero-order chi connectivity index (χ0) is 12.3. The molecule has 1 aliphatic rings. The smallest absolute Gasteiger partial charge is 0.279 e. The molecule has 1 fully saturated rings. The van der Waals surface area contributed by atoms with Crippen LogP contribution in [0.25, 0.3) is 0 Å². The molecule has 1 saturated heterocycles. The van der Waals surface area contributed by atoms with Crippen LogP contribution in [0.2, 0.25) is 0 Å². The van der Waals surface area contributed by atoms with Crippen LogP contribution in [0, 0.1) is 0 Å². The van der Waals surface area contributed by atoms with Gasteiger partial charge in [-0.2, -0.15) is 17.4 Å². The van der Waals surface area contributed by atoms with Gasteiger partial charge in [-0.05, 0) is 27.2 Å². The molecule has 5 nitrogen and oxygen atoms in total. The molecule has 1 heterocycles. The zero-order valence-electron chi connectivity index (χ0n) is 10.4. The largest absolute Gasteiger partial charge is 0.373 e. The van der Waals surface area contributed by atoms with Gasteiger partial charge >= 0.3 is 0 Å². The minimum Gasteiger partial charge on any atom is -0.373 e. The summed E-state index contributed by atoms with van der Waals surface area (Å²) in [7, 11) is -3.36. The van der Waals surface area contributed by atoms with E-state index in [4.69, 9.17) is 4.74 Å². The van der Waals surface area contributed by atoms with E-state index in [1.54, 1.807) is 0 Å². The predicted octanol–water partition coefficient (Wildman–Crippen LogP) is 0.728. The third-order valence-corrected chi connectivity index (χ3v) is 4.37. The second-order valence-corrected chi connectivity index (χ2v) is 6.21. The van der Waals surface area contributed by atoms with Gasteiger partial charge in [-0.25, -0.2) is 0 Å². The SMILES string of the molecule is CCC(C)NS(=O)(=O)N1CC(C)OC(C)C1. The maximum atomic E-state index is 12.0. The Balaban J connectivity index is 2.67. The number of morpholine rings is 1. The second-order valence-electron chi connectivity index (χ2n) is 4.51. The molecular formula is C10H22N2O3S. The summed E-state index contributed by atoms with van der Waals surface area (Å²) in [6.45, 7) is 8.46. The van der Waals surface area contributed by atoms with Crippen molar-refractivity contribution in [2.75, 3.05) is 13.1 Å². The molecule has 16 heavy (non-hydrogen) atoms. The molecule has 1 N–H and O–H groups in total. The monoisotopic (exact) mass is 250 g/mol. The van der Waals surface area contributed by atoms with Gasteiger partial charge in [0.15, 0.2) is 0 Å². The van der Waals surface area contributed by atoms with Gasteiger partial charge in [0.2, 0.25) is 0 Å². The van der Waals surface area contributed by atoms with Crippen LogP contribution in [0.1, 0.15) is 34.1 Å². The molecule has 0 aromatic heterocycles. The van der Waals surface area contributed by atoms with E-state index < -0.39 is 10.2 Å². The molecule has 0 aliphatic carbocycles. The molecule has 0 spiro atoms. The zero-order valence-corrected chi connectivity index (χ0v) is 11.3. The lowest BCUT2D eigenvalue weighted by molar-refractivity contribution is -0.0444. The number of rotatable bonds is 4. The summed E-state index contributed by atoms with van der Waals surface area (Å²) in [5, 5.41) is 0. The van der Waals surface area contributed by atoms with Crippen LogP contribution in [0.5, 0.6) is 0 Å². The van der Waals surface area contributed by atoms with E-state index in [0.717, 1.165) is 6.42 Å². The summed E-state index contributed by atoms with van der Waals surface area (Å²) in [5.41, 5.74) is 0. The summed E-state index contributed by atoms with van der Waals surface area (Å²) in [6.07, 6.45) is 0.698. The molecule has 0 bridgehead atoms. The standard InChI is InChI=1S/C10H22N2O3S/c1-5-8(2)11-16(13,14)12-6-9(3)15-10(4)7-12/h8-11H,5-7H2,1-4H3. The lowest BCUT2D eigenvalue weighted by atomic mass is 10.3. The first-order valence-electron chi connectivity index (χ1n) is 5.78. The van der Waals surface area contributed by atoms with E-state index in [1.165, 1.54) is 4.31 Å². The third-order valence-electron chi connectivity index (χ3n) is 2.69. The maximum Gasteiger partial charge on any atom is 0.279 e. The molecule has 0 saturated carbocycles. The molecule has 0 amide bonds. The summed E-state index contributed by atoms with van der Waals surface area (Å²) in [6, 6.07) is -0.0292. The minimum absolute atomic E-state index is 0.0292. The van der Waals surface area contributed by atoms with Crippen molar-refractivity contribution in [1.82, 2.24) is 9.03 Å². The van der Waals surface area contributed by atoms with Gasteiger partial charge in [0, 0.05) is 19.1 Å². The molecule has 3 unspecified atom stereocenters. The van der Waals surface area contributed by atoms with Gasteiger partial charge in [0.05, 0.1) is 12.2 Å². The maximum absolute atomic E-state index is 12.0. The molecule has 1 rings (SSSR count).